The van der Waals surface area contributed by atoms with Crippen molar-refractivity contribution in [3.63, 3.8) is 0 Å². The van der Waals surface area contributed by atoms with E-state index >= 15 is 0 Å². The smallest absolute Gasteiger partial charge is 0.336 e. The summed E-state index contributed by atoms with van der Waals surface area (Å²) in [4.78, 5) is 22.0. The Morgan fingerprint density at radius 3 is 2.55 bits per heavy atom. The molecule has 112 valence electrons. The Hall–Kier alpha value is -2.66. The van der Waals surface area contributed by atoms with Crippen molar-refractivity contribution < 1.29 is 14.8 Å². The van der Waals surface area contributed by atoms with E-state index in [-0.39, 0.29) is 16.8 Å². The fraction of sp³-hybridized carbons (Fsp3) is 0.0625. The number of carbonyl (C=O) groups is 1. The molecule has 0 aliphatic heterocycles. The summed E-state index contributed by atoms with van der Waals surface area (Å²) in [5.74, 6) is -1.18. The molecule has 0 fully saturated rings. The Morgan fingerprint density at radius 2 is 1.95 bits per heavy atom. The van der Waals surface area contributed by atoms with Crippen molar-refractivity contribution in [2.24, 2.45) is 0 Å². The minimum atomic E-state index is -1.18. The van der Waals surface area contributed by atoms with Crippen LogP contribution < -0.4 is 0 Å². The third kappa shape index (κ3) is 3.32. The monoisotopic (exact) mass is 317 g/mol. The van der Waals surface area contributed by atoms with E-state index in [0.29, 0.717) is 10.6 Å². The van der Waals surface area contributed by atoms with Crippen molar-refractivity contribution in [3.8, 4) is 0 Å². The lowest BCUT2D eigenvalue weighted by Crippen LogP contribution is -2.01. The van der Waals surface area contributed by atoms with Crippen LogP contribution in [0.25, 0.3) is 11.6 Å². The molecule has 0 atom stereocenters. The number of halogens is 1. The Labute approximate surface area is 131 Å². The van der Waals surface area contributed by atoms with Gasteiger partial charge in [-0.3, -0.25) is 10.1 Å². The number of nitro benzene ring substituents is 1. The normalized spacial score (nSPS) is 11.3. The number of aliphatic carboxylic acids is 1. The summed E-state index contributed by atoms with van der Waals surface area (Å²) in [6, 6.07) is 10.8. The summed E-state index contributed by atoms with van der Waals surface area (Å²) in [6.07, 6.45) is 1.28. The van der Waals surface area contributed by atoms with Crippen molar-refractivity contribution in [1.29, 1.82) is 0 Å². The van der Waals surface area contributed by atoms with Gasteiger partial charge in [-0.25, -0.2) is 4.79 Å². The van der Waals surface area contributed by atoms with Gasteiger partial charge in [-0.2, -0.15) is 0 Å². The van der Waals surface area contributed by atoms with Gasteiger partial charge in [-0.15, -0.1) is 0 Å². The van der Waals surface area contributed by atoms with E-state index in [1.165, 1.54) is 30.3 Å². The molecule has 6 heteroatoms. The molecule has 2 aromatic rings. The molecule has 0 amide bonds. The first-order valence-electron chi connectivity index (χ1n) is 6.35. The zero-order chi connectivity index (χ0) is 16.3. The zero-order valence-electron chi connectivity index (χ0n) is 11.6. The number of hydrogen-bond acceptors (Lipinski definition) is 3. The van der Waals surface area contributed by atoms with Gasteiger partial charge in [-0.05, 0) is 36.3 Å². The first kappa shape index (κ1) is 15.7. The SMILES string of the molecule is Cc1ccc(/C(=C/c2ccccc2[N+](=O)[O-])C(=O)O)cc1Cl. The van der Waals surface area contributed by atoms with Crippen LogP contribution in [0.15, 0.2) is 42.5 Å². The topological polar surface area (TPSA) is 80.4 Å². The average Bonchev–Trinajstić information content (AvgIpc) is 2.47. The molecule has 0 aliphatic rings. The standard InChI is InChI=1S/C16H12ClNO4/c1-10-6-7-11(9-14(10)17)13(16(19)20)8-12-4-2-3-5-15(12)18(21)22/h2-9H,1H3,(H,19,20)/b13-8-. The summed E-state index contributed by atoms with van der Waals surface area (Å²) in [7, 11) is 0. The van der Waals surface area contributed by atoms with E-state index in [9.17, 15) is 20.0 Å². The van der Waals surface area contributed by atoms with Crippen LogP contribution in [-0.2, 0) is 4.79 Å². The van der Waals surface area contributed by atoms with Gasteiger partial charge in [0.1, 0.15) is 0 Å². The third-order valence-electron chi connectivity index (χ3n) is 3.15. The molecule has 5 nitrogen and oxygen atoms in total. The van der Waals surface area contributed by atoms with Gasteiger partial charge in [0.05, 0.1) is 16.1 Å². The largest absolute Gasteiger partial charge is 0.478 e. The fourth-order valence-electron chi connectivity index (χ4n) is 1.96. The summed E-state index contributed by atoms with van der Waals surface area (Å²) in [5.41, 5.74) is 1.22. The number of nitro groups is 1. The van der Waals surface area contributed by atoms with Crippen molar-refractivity contribution in [3.05, 3.63) is 74.3 Å². The zero-order valence-corrected chi connectivity index (χ0v) is 12.4. The summed E-state index contributed by atoms with van der Waals surface area (Å²) >= 11 is 6.02. The second kappa shape index (κ2) is 6.41. The molecule has 0 radical (unpaired) electrons. The van der Waals surface area contributed by atoms with Crippen LogP contribution in [0, 0.1) is 17.0 Å². The van der Waals surface area contributed by atoms with Gasteiger partial charge < -0.3 is 5.11 Å². The molecular formula is C16H12ClNO4. The van der Waals surface area contributed by atoms with Gasteiger partial charge >= 0.3 is 5.97 Å². The van der Waals surface area contributed by atoms with Crippen LogP contribution in [0.5, 0.6) is 0 Å². The first-order valence-corrected chi connectivity index (χ1v) is 6.73. The maximum atomic E-state index is 11.5. The Balaban J connectivity index is 2.60. The van der Waals surface area contributed by atoms with Crippen molar-refractivity contribution >= 4 is 34.9 Å². The highest BCUT2D eigenvalue weighted by atomic mass is 35.5. The number of nitrogens with zero attached hydrogens (tertiary/aromatic N) is 1. The average molecular weight is 318 g/mol. The highest BCUT2D eigenvalue weighted by Gasteiger charge is 2.16. The van der Waals surface area contributed by atoms with Gasteiger partial charge in [0.2, 0.25) is 0 Å². The molecule has 1 N–H and O–H groups in total. The second-order valence-electron chi connectivity index (χ2n) is 4.64. The van der Waals surface area contributed by atoms with E-state index in [1.807, 2.05) is 0 Å². The second-order valence-corrected chi connectivity index (χ2v) is 5.05. The summed E-state index contributed by atoms with van der Waals surface area (Å²) in [5, 5.41) is 20.8. The quantitative estimate of drug-likeness (QED) is 0.397. The molecule has 22 heavy (non-hydrogen) atoms. The first-order chi connectivity index (χ1) is 10.4. The predicted octanol–water partition coefficient (Wildman–Crippen LogP) is 4.18. The van der Waals surface area contributed by atoms with Crippen molar-refractivity contribution in [2.75, 3.05) is 0 Å². The predicted molar refractivity (Wildman–Crippen MR) is 84.8 cm³/mol. The van der Waals surface area contributed by atoms with E-state index in [2.05, 4.69) is 0 Å². The lowest BCUT2D eigenvalue weighted by atomic mass is 10.0. The number of carboxylic acid groups (broad SMARTS) is 1. The van der Waals surface area contributed by atoms with Crippen LogP contribution in [0.1, 0.15) is 16.7 Å². The molecule has 0 saturated carbocycles. The van der Waals surface area contributed by atoms with Crippen LogP contribution in [0.2, 0.25) is 5.02 Å². The number of para-hydroxylation sites is 1. The molecule has 0 aliphatic carbocycles. The molecule has 0 aromatic heterocycles. The van der Waals surface area contributed by atoms with Crippen LogP contribution in [0.3, 0.4) is 0 Å². The highest BCUT2D eigenvalue weighted by molar-refractivity contribution is 6.32. The molecule has 0 bridgehead atoms. The van der Waals surface area contributed by atoms with E-state index in [1.54, 1.807) is 25.1 Å². The number of rotatable bonds is 4. The summed E-state index contributed by atoms with van der Waals surface area (Å²) < 4.78 is 0. The van der Waals surface area contributed by atoms with Gasteiger partial charge in [0.25, 0.3) is 5.69 Å². The molecule has 2 rings (SSSR count). The molecule has 2 aromatic carbocycles. The van der Waals surface area contributed by atoms with E-state index in [4.69, 9.17) is 11.6 Å². The minimum Gasteiger partial charge on any atom is -0.478 e. The van der Waals surface area contributed by atoms with Crippen LogP contribution in [0.4, 0.5) is 5.69 Å². The Morgan fingerprint density at radius 1 is 1.27 bits per heavy atom. The van der Waals surface area contributed by atoms with E-state index < -0.39 is 10.9 Å². The lowest BCUT2D eigenvalue weighted by molar-refractivity contribution is -0.385. The van der Waals surface area contributed by atoms with Crippen LogP contribution in [-0.4, -0.2) is 16.0 Å². The number of aryl methyl sites for hydroxylation is 1. The van der Waals surface area contributed by atoms with Gasteiger partial charge in [0.15, 0.2) is 0 Å². The van der Waals surface area contributed by atoms with Crippen LogP contribution >= 0.6 is 11.6 Å². The molecule has 0 unspecified atom stereocenters. The molecular weight excluding hydrogens is 306 g/mol. The van der Waals surface area contributed by atoms with Crippen molar-refractivity contribution in [1.82, 2.24) is 0 Å². The maximum Gasteiger partial charge on any atom is 0.336 e. The van der Waals surface area contributed by atoms with Crippen molar-refractivity contribution in [2.45, 2.75) is 6.92 Å². The van der Waals surface area contributed by atoms with E-state index in [0.717, 1.165) is 5.56 Å². The lowest BCUT2D eigenvalue weighted by Gasteiger charge is -2.06. The summed E-state index contributed by atoms with van der Waals surface area (Å²) in [6.45, 7) is 1.80. The number of benzene rings is 2. The molecule has 0 spiro atoms. The fourth-order valence-corrected chi connectivity index (χ4v) is 2.14. The molecule has 0 saturated heterocycles. The molecule has 0 heterocycles. The number of hydrogen-bond donors (Lipinski definition) is 1. The van der Waals surface area contributed by atoms with Gasteiger partial charge in [0, 0.05) is 11.1 Å². The highest BCUT2D eigenvalue weighted by Crippen LogP contribution is 2.27. The Kier molecular flexibility index (Phi) is 4.58. The maximum absolute atomic E-state index is 11.5. The third-order valence-corrected chi connectivity index (χ3v) is 3.55. The number of carboxylic acids is 1. The Bertz CT molecular complexity index is 783. The minimum absolute atomic E-state index is 0.0591. The van der Waals surface area contributed by atoms with Gasteiger partial charge in [-0.1, -0.05) is 35.9 Å².